The summed E-state index contributed by atoms with van der Waals surface area (Å²) in [5.41, 5.74) is 7.48. The molecule has 0 saturated carbocycles. The fourth-order valence-corrected chi connectivity index (χ4v) is 2.35. The van der Waals surface area contributed by atoms with Crippen LogP contribution >= 0.6 is 0 Å². The lowest BCUT2D eigenvalue weighted by Gasteiger charge is -2.17. The number of carbonyl (C=O) groups excluding carboxylic acids is 1. The van der Waals surface area contributed by atoms with Crippen molar-refractivity contribution in [1.29, 1.82) is 0 Å². The molecule has 1 heterocycles. The molecule has 3 rings (SSSR count). The van der Waals surface area contributed by atoms with Gasteiger partial charge in [-0.1, -0.05) is 0 Å². The Bertz CT molecular complexity index is 682. The Morgan fingerprint density at radius 1 is 1.15 bits per heavy atom. The Morgan fingerprint density at radius 2 is 1.90 bits per heavy atom. The molecular weight excluding hydrogens is 257 g/mol. The van der Waals surface area contributed by atoms with Gasteiger partial charge in [-0.15, -0.1) is 0 Å². The van der Waals surface area contributed by atoms with Gasteiger partial charge in [-0.3, -0.25) is 4.79 Å². The van der Waals surface area contributed by atoms with Crippen molar-refractivity contribution in [2.75, 3.05) is 12.3 Å². The lowest BCUT2D eigenvalue weighted by Crippen LogP contribution is -2.10. The second-order valence-electron chi connectivity index (χ2n) is 4.84. The van der Waals surface area contributed by atoms with E-state index in [1.807, 2.05) is 12.1 Å². The van der Waals surface area contributed by atoms with Crippen molar-refractivity contribution in [3.05, 3.63) is 58.9 Å². The van der Waals surface area contributed by atoms with Crippen LogP contribution in [0, 0.1) is 5.82 Å². The number of rotatable bonds is 2. The summed E-state index contributed by atoms with van der Waals surface area (Å²) in [6.45, 7) is 0.717. The van der Waals surface area contributed by atoms with Crippen LogP contribution < -0.4 is 10.5 Å². The van der Waals surface area contributed by atoms with Crippen molar-refractivity contribution < 1.29 is 13.9 Å². The molecule has 0 saturated heterocycles. The zero-order valence-electron chi connectivity index (χ0n) is 10.9. The SMILES string of the molecule is Nc1cc(C(=O)c2ccc3c(c2)CCCO3)ccc1F. The van der Waals surface area contributed by atoms with Crippen molar-refractivity contribution in [3.8, 4) is 5.75 Å². The minimum Gasteiger partial charge on any atom is -0.493 e. The molecule has 0 spiro atoms. The Kier molecular flexibility index (Phi) is 3.14. The maximum absolute atomic E-state index is 13.1. The standard InChI is InChI=1S/C16H14FNO2/c17-13-5-3-12(9-14(13)18)16(19)11-4-6-15-10(8-11)2-1-7-20-15/h3-6,8-9H,1-2,7,18H2. The third kappa shape index (κ3) is 2.25. The summed E-state index contributed by atoms with van der Waals surface area (Å²) in [6, 6.07) is 9.42. The molecule has 102 valence electrons. The van der Waals surface area contributed by atoms with Crippen LogP contribution in [0.25, 0.3) is 0 Å². The van der Waals surface area contributed by atoms with E-state index in [9.17, 15) is 9.18 Å². The molecular formula is C16H14FNO2. The Labute approximate surface area is 116 Å². The summed E-state index contributed by atoms with van der Waals surface area (Å²) in [5, 5.41) is 0. The predicted octanol–water partition coefficient (Wildman–Crippen LogP) is 2.96. The van der Waals surface area contributed by atoms with Gasteiger partial charge in [0.2, 0.25) is 0 Å². The lowest BCUT2D eigenvalue weighted by molar-refractivity contribution is 0.103. The average Bonchev–Trinajstić information content (AvgIpc) is 2.49. The van der Waals surface area contributed by atoms with Crippen molar-refractivity contribution in [1.82, 2.24) is 0 Å². The molecule has 0 bridgehead atoms. The first kappa shape index (κ1) is 12.7. The number of benzene rings is 2. The maximum atomic E-state index is 13.1. The van der Waals surface area contributed by atoms with Crippen molar-refractivity contribution in [3.63, 3.8) is 0 Å². The van der Waals surface area contributed by atoms with E-state index in [4.69, 9.17) is 10.5 Å². The lowest BCUT2D eigenvalue weighted by atomic mass is 9.98. The largest absolute Gasteiger partial charge is 0.493 e. The normalized spacial score (nSPS) is 13.4. The quantitative estimate of drug-likeness (QED) is 0.675. The number of hydrogen-bond donors (Lipinski definition) is 1. The smallest absolute Gasteiger partial charge is 0.193 e. The van der Waals surface area contributed by atoms with E-state index in [1.54, 1.807) is 6.07 Å². The number of ketones is 1. The molecule has 1 aliphatic heterocycles. The summed E-state index contributed by atoms with van der Waals surface area (Å²) in [4.78, 5) is 12.4. The minimum atomic E-state index is -0.514. The first-order valence-electron chi connectivity index (χ1n) is 6.50. The van der Waals surface area contributed by atoms with Crippen LogP contribution in [0.3, 0.4) is 0 Å². The highest BCUT2D eigenvalue weighted by atomic mass is 19.1. The molecule has 0 aromatic heterocycles. The minimum absolute atomic E-state index is 0.0165. The van der Waals surface area contributed by atoms with Crippen LogP contribution in [0.1, 0.15) is 27.9 Å². The number of nitrogen functional groups attached to an aromatic ring is 1. The predicted molar refractivity (Wildman–Crippen MR) is 74.5 cm³/mol. The molecule has 0 aliphatic carbocycles. The van der Waals surface area contributed by atoms with E-state index in [1.165, 1.54) is 18.2 Å². The summed E-state index contributed by atoms with van der Waals surface area (Å²) < 4.78 is 18.7. The van der Waals surface area contributed by atoms with Crippen LogP contribution in [0.15, 0.2) is 36.4 Å². The van der Waals surface area contributed by atoms with Crippen molar-refractivity contribution in [2.45, 2.75) is 12.8 Å². The third-order valence-electron chi connectivity index (χ3n) is 3.43. The molecule has 2 aromatic rings. The molecule has 4 heteroatoms. The van der Waals surface area contributed by atoms with E-state index >= 15 is 0 Å². The van der Waals surface area contributed by atoms with Gasteiger partial charge < -0.3 is 10.5 Å². The number of nitrogens with two attached hydrogens (primary N) is 1. The number of ether oxygens (including phenoxy) is 1. The monoisotopic (exact) mass is 271 g/mol. The van der Waals surface area contributed by atoms with Gasteiger partial charge in [0, 0.05) is 11.1 Å². The fraction of sp³-hybridized carbons (Fsp3) is 0.188. The van der Waals surface area contributed by atoms with Crippen LogP contribution in [-0.4, -0.2) is 12.4 Å². The van der Waals surface area contributed by atoms with E-state index < -0.39 is 5.82 Å². The van der Waals surface area contributed by atoms with E-state index in [0.29, 0.717) is 11.1 Å². The first-order valence-corrected chi connectivity index (χ1v) is 6.50. The summed E-state index contributed by atoms with van der Waals surface area (Å²) >= 11 is 0. The van der Waals surface area contributed by atoms with Crippen LogP contribution in [0.4, 0.5) is 10.1 Å². The van der Waals surface area contributed by atoms with E-state index in [-0.39, 0.29) is 11.5 Å². The first-order chi connectivity index (χ1) is 9.65. The summed E-state index contributed by atoms with van der Waals surface area (Å²) in [5.74, 6) is 0.164. The summed E-state index contributed by atoms with van der Waals surface area (Å²) in [6.07, 6.45) is 1.86. The molecule has 0 fully saturated rings. The van der Waals surface area contributed by atoms with Crippen LogP contribution in [0.2, 0.25) is 0 Å². The highest BCUT2D eigenvalue weighted by Crippen LogP contribution is 2.26. The molecule has 0 atom stereocenters. The molecule has 3 nitrogen and oxygen atoms in total. The number of fused-ring (bicyclic) bond motifs is 1. The number of halogens is 1. The number of aryl methyl sites for hydroxylation is 1. The van der Waals surface area contributed by atoms with Crippen LogP contribution in [0.5, 0.6) is 5.75 Å². The maximum Gasteiger partial charge on any atom is 0.193 e. The molecule has 1 aliphatic rings. The molecule has 0 radical (unpaired) electrons. The second-order valence-corrected chi connectivity index (χ2v) is 4.84. The highest BCUT2D eigenvalue weighted by molar-refractivity contribution is 6.09. The molecule has 0 unspecified atom stereocenters. The van der Waals surface area contributed by atoms with Gasteiger partial charge in [0.05, 0.1) is 12.3 Å². The van der Waals surface area contributed by atoms with Gasteiger partial charge in [0.15, 0.2) is 5.78 Å². The fourth-order valence-electron chi connectivity index (χ4n) is 2.35. The molecule has 20 heavy (non-hydrogen) atoms. The number of hydrogen-bond acceptors (Lipinski definition) is 3. The van der Waals surface area contributed by atoms with Crippen molar-refractivity contribution >= 4 is 11.5 Å². The Morgan fingerprint density at radius 3 is 2.70 bits per heavy atom. The number of carbonyl (C=O) groups is 1. The molecule has 0 amide bonds. The Hall–Kier alpha value is -2.36. The van der Waals surface area contributed by atoms with Crippen LogP contribution in [-0.2, 0) is 6.42 Å². The second kappa shape index (κ2) is 4.96. The van der Waals surface area contributed by atoms with Gasteiger partial charge in [-0.05, 0) is 54.8 Å². The van der Waals surface area contributed by atoms with Gasteiger partial charge in [0.25, 0.3) is 0 Å². The van der Waals surface area contributed by atoms with Crippen molar-refractivity contribution in [2.24, 2.45) is 0 Å². The van der Waals surface area contributed by atoms with E-state index in [2.05, 4.69) is 0 Å². The zero-order valence-corrected chi connectivity index (χ0v) is 10.9. The average molecular weight is 271 g/mol. The van der Waals surface area contributed by atoms with Gasteiger partial charge in [-0.25, -0.2) is 4.39 Å². The van der Waals surface area contributed by atoms with Gasteiger partial charge >= 0.3 is 0 Å². The highest BCUT2D eigenvalue weighted by Gasteiger charge is 2.15. The van der Waals surface area contributed by atoms with Gasteiger partial charge in [-0.2, -0.15) is 0 Å². The molecule has 2 N–H and O–H groups in total. The third-order valence-corrected chi connectivity index (χ3v) is 3.43. The number of anilines is 1. The van der Waals surface area contributed by atoms with Gasteiger partial charge in [0.1, 0.15) is 11.6 Å². The summed E-state index contributed by atoms with van der Waals surface area (Å²) in [7, 11) is 0. The van der Waals surface area contributed by atoms with E-state index in [0.717, 1.165) is 30.8 Å². The zero-order chi connectivity index (χ0) is 14.1. The molecule has 2 aromatic carbocycles. The Balaban J connectivity index is 1.95. The topological polar surface area (TPSA) is 52.3 Å².